The highest BCUT2D eigenvalue weighted by atomic mass is 16.6. The molecule has 0 radical (unpaired) electrons. The number of nitrogens with two attached hydrogens (primary N) is 1. The standard InChI is InChI=1S/C16H31N3O2/c1-16(2,3)21-15(20)19-11-7-14(8-12-19)18-9-4-5-13(17)6-10-18/h13-14H,4-12,17H2,1-3H3. The summed E-state index contributed by atoms with van der Waals surface area (Å²) >= 11 is 0. The summed E-state index contributed by atoms with van der Waals surface area (Å²) in [6.45, 7) is 9.63. The van der Waals surface area contributed by atoms with Crippen LogP contribution in [0.4, 0.5) is 4.79 Å². The number of piperidine rings is 1. The summed E-state index contributed by atoms with van der Waals surface area (Å²) in [6, 6.07) is 0.978. The average molecular weight is 297 g/mol. The Morgan fingerprint density at radius 3 is 2.33 bits per heavy atom. The van der Waals surface area contributed by atoms with Gasteiger partial charge in [-0.25, -0.2) is 4.79 Å². The van der Waals surface area contributed by atoms with Crippen LogP contribution in [0.3, 0.4) is 0 Å². The van der Waals surface area contributed by atoms with Crippen molar-refractivity contribution in [1.29, 1.82) is 0 Å². The summed E-state index contributed by atoms with van der Waals surface area (Å²) in [7, 11) is 0. The van der Waals surface area contributed by atoms with E-state index in [4.69, 9.17) is 10.5 Å². The Morgan fingerprint density at radius 1 is 1.05 bits per heavy atom. The van der Waals surface area contributed by atoms with Gasteiger partial charge in [0.1, 0.15) is 5.60 Å². The number of amides is 1. The summed E-state index contributed by atoms with van der Waals surface area (Å²) in [5.41, 5.74) is 5.64. The number of rotatable bonds is 1. The Labute approximate surface area is 128 Å². The summed E-state index contributed by atoms with van der Waals surface area (Å²) in [5.74, 6) is 0. The molecule has 1 amide bonds. The number of nitrogens with zero attached hydrogens (tertiary/aromatic N) is 2. The van der Waals surface area contributed by atoms with Gasteiger partial charge in [-0.1, -0.05) is 0 Å². The van der Waals surface area contributed by atoms with E-state index in [2.05, 4.69) is 4.90 Å². The summed E-state index contributed by atoms with van der Waals surface area (Å²) < 4.78 is 5.45. The Balaban J connectivity index is 1.79. The molecule has 2 fully saturated rings. The molecule has 0 saturated carbocycles. The van der Waals surface area contributed by atoms with E-state index in [9.17, 15) is 4.79 Å². The molecule has 0 aromatic rings. The molecular weight excluding hydrogens is 266 g/mol. The van der Waals surface area contributed by atoms with E-state index < -0.39 is 5.60 Å². The number of carbonyl (C=O) groups is 1. The lowest BCUT2D eigenvalue weighted by Gasteiger charge is -2.38. The fourth-order valence-electron chi connectivity index (χ4n) is 3.25. The van der Waals surface area contributed by atoms with Crippen molar-refractivity contribution in [3.63, 3.8) is 0 Å². The molecule has 0 aromatic carbocycles. The molecule has 2 saturated heterocycles. The van der Waals surface area contributed by atoms with E-state index in [1.54, 1.807) is 0 Å². The first-order chi connectivity index (χ1) is 9.85. The normalized spacial score (nSPS) is 26.5. The number of carbonyl (C=O) groups excluding carboxylic acids is 1. The van der Waals surface area contributed by atoms with E-state index in [0.717, 1.165) is 51.9 Å². The lowest BCUT2D eigenvalue weighted by atomic mass is 10.0. The van der Waals surface area contributed by atoms with E-state index >= 15 is 0 Å². The zero-order valence-corrected chi connectivity index (χ0v) is 13.8. The third kappa shape index (κ3) is 5.15. The minimum absolute atomic E-state index is 0.168. The lowest BCUT2D eigenvalue weighted by Crippen LogP contribution is -2.48. The first-order valence-corrected chi connectivity index (χ1v) is 8.33. The van der Waals surface area contributed by atoms with Crippen LogP contribution < -0.4 is 5.73 Å². The molecule has 21 heavy (non-hydrogen) atoms. The Morgan fingerprint density at radius 2 is 1.71 bits per heavy atom. The zero-order chi connectivity index (χ0) is 15.5. The van der Waals surface area contributed by atoms with Crippen LogP contribution in [0.5, 0.6) is 0 Å². The molecule has 2 heterocycles. The molecule has 5 heteroatoms. The monoisotopic (exact) mass is 297 g/mol. The molecule has 0 spiro atoms. The van der Waals surface area contributed by atoms with Crippen LogP contribution in [0.15, 0.2) is 0 Å². The van der Waals surface area contributed by atoms with Gasteiger partial charge in [0.15, 0.2) is 0 Å². The van der Waals surface area contributed by atoms with Crippen molar-refractivity contribution in [2.75, 3.05) is 26.2 Å². The second-order valence-electron chi connectivity index (χ2n) is 7.43. The molecular formula is C16H31N3O2. The maximum Gasteiger partial charge on any atom is 0.410 e. The fourth-order valence-corrected chi connectivity index (χ4v) is 3.25. The topological polar surface area (TPSA) is 58.8 Å². The van der Waals surface area contributed by atoms with Gasteiger partial charge < -0.3 is 20.3 Å². The smallest absolute Gasteiger partial charge is 0.410 e. The van der Waals surface area contributed by atoms with Crippen molar-refractivity contribution in [2.24, 2.45) is 5.73 Å². The lowest BCUT2D eigenvalue weighted by molar-refractivity contribution is 0.0145. The fraction of sp³-hybridized carbons (Fsp3) is 0.938. The van der Waals surface area contributed by atoms with Crippen LogP contribution in [0.1, 0.15) is 52.9 Å². The largest absolute Gasteiger partial charge is 0.444 e. The summed E-state index contributed by atoms with van der Waals surface area (Å²) in [6.07, 6.45) is 5.38. The number of ether oxygens (including phenoxy) is 1. The zero-order valence-electron chi connectivity index (χ0n) is 13.8. The summed E-state index contributed by atoms with van der Waals surface area (Å²) in [4.78, 5) is 16.5. The van der Waals surface area contributed by atoms with Gasteiger partial charge in [0.2, 0.25) is 0 Å². The van der Waals surface area contributed by atoms with Crippen molar-refractivity contribution < 1.29 is 9.53 Å². The predicted molar refractivity (Wildman–Crippen MR) is 84.2 cm³/mol. The highest BCUT2D eigenvalue weighted by Crippen LogP contribution is 2.21. The van der Waals surface area contributed by atoms with Gasteiger partial charge in [0, 0.05) is 25.2 Å². The van der Waals surface area contributed by atoms with E-state index in [-0.39, 0.29) is 6.09 Å². The van der Waals surface area contributed by atoms with Gasteiger partial charge in [-0.3, -0.25) is 0 Å². The van der Waals surface area contributed by atoms with Gasteiger partial charge in [-0.15, -0.1) is 0 Å². The SMILES string of the molecule is CC(C)(C)OC(=O)N1CCC(N2CCCC(N)CC2)CC1. The molecule has 1 atom stereocenters. The van der Waals surface area contributed by atoms with Crippen LogP contribution in [0.2, 0.25) is 0 Å². The first-order valence-electron chi connectivity index (χ1n) is 8.33. The van der Waals surface area contributed by atoms with Crippen LogP contribution in [0.25, 0.3) is 0 Å². The van der Waals surface area contributed by atoms with E-state index in [1.807, 2.05) is 25.7 Å². The molecule has 5 nitrogen and oxygen atoms in total. The third-order valence-electron chi connectivity index (χ3n) is 4.44. The molecule has 1 unspecified atom stereocenters. The Bertz CT molecular complexity index is 346. The highest BCUT2D eigenvalue weighted by Gasteiger charge is 2.30. The second kappa shape index (κ2) is 6.97. The number of likely N-dealkylation sites (tertiary alicyclic amines) is 2. The van der Waals surface area contributed by atoms with Crippen molar-refractivity contribution in [3.05, 3.63) is 0 Å². The van der Waals surface area contributed by atoms with E-state index in [0.29, 0.717) is 12.1 Å². The van der Waals surface area contributed by atoms with Crippen molar-refractivity contribution in [1.82, 2.24) is 9.80 Å². The quantitative estimate of drug-likeness (QED) is 0.806. The molecule has 2 aliphatic rings. The van der Waals surface area contributed by atoms with Gasteiger partial charge >= 0.3 is 6.09 Å². The number of hydrogen-bond donors (Lipinski definition) is 1. The minimum atomic E-state index is -0.408. The Kier molecular flexibility index (Phi) is 5.49. The minimum Gasteiger partial charge on any atom is -0.444 e. The van der Waals surface area contributed by atoms with Crippen LogP contribution in [-0.4, -0.2) is 59.8 Å². The van der Waals surface area contributed by atoms with Gasteiger partial charge in [-0.05, 0) is 66.0 Å². The van der Waals surface area contributed by atoms with Crippen molar-refractivity contribution >= 4 is 6.09 Å². The van der Waals surface area contributed by atoms with Crippen molar-refractivity contribution in [2.45, 2.75) is 70.6 Å². The maximum atomic E-state index is 12.1. The van der Waals surface area contributed by atoms with Crippen LogP contribution in [0, 0.1) is 0 Å². The second-order valence-corrected chi connectivity index (χ2v) is 7.43. The van der Waals surface area contributed by atoms with Gasteiger partial charge in [-0.2, -0.15) is 0 Å². The first kappa shape index (κ1) is 16.6. The van der Waals surface area contributed by atoms with Crippen LogP contribution >= 0.6 is 0 Å². The number of hydrogen-bond acceptors (Lipinski definition) is 4. The molecule has 2 N–H and O–H groups in total. The molecule has 2 rings (SSSR count). The highest BCUT2D eigenvalue weighted by molar-refractivity contribution is 5.68. The van der Waals surface area contributed by atoms with E-state index in [1.165, 1.54) is 6.42 Å². The Hall–Kier alpha value is -0.810. The molecule has 0 bridgehead atoms. The molecule has 0 aliphatic carbocycles. The van der Waals surface area contributed by atoms with Gasteiger partial charge in [0.25, 0.3) is 0 Å². The summed E-state index contributed by atoms with van der Waals surface area (Å²) in [5, 5.41) is 0. The molecule has 0 aromatic heterocycles. The maximum absolute atomic E-state index is 12.1. The average Bonchev–Trinajstić information content (AvgIpc) is 2.62. The van der Waals surface area contributed by atoms with Gasteiger partial charge in [0.05, 0.1) is 0 Å². The third-order valence-corrected chi connectivity index (χ3v) is 4.44. The van der Waals surface area contributed by atoms with Crippen LogP contribution in [-0.2, 0) is 4.74 Å². The molecule has 122 valence electrons. The van der Waals surface area contributed by atoms with Crippen molar-refractivity contribution in [3.8, 4) is 0 Å². The predicted octanol–water partition coefficient (Wildman–Crippen LogP) is 2.20. The molecule has 2 aliphatic heterocycles.